The third-order valence-corrected chi connectivity index (χ3v) is 2.89. The largest absolute Gasteiger partial charge is 0.302 e. The van der Waals surface area contributed by atoms with E-state index < -0.39 is 0 Å². The second-order valence-corrected chi connectivity index (χ2v) is 4.22. The van der Waals surface area contributed by atoms with Gasteiger partial charge in [-0.3, -0.25) is 4.79 Å². The molecule has 0 unspecified atom stereocenters. The Bertz CT molecular complexity index is 495. The molecule has 0 saturated heterocycles. The van der Waals surface area contributed by atoms with Crippen molar-refractivity contribution in [1.29, 1.82) is 0 Å². The van der Waals surface area contributed by atoms with Crippen LogP contribution in [0.25, 0.3) is 10.2 Å². The molecular formula is C9H7ClN2OS. The molecule has 2 aromatic rings. The first-order valence-corrected chi connectivity index (χ1v) is 5.19. The second kappa shape index (κ2) is 3.55. The number of carbonyl (C=O) groups is 1. The van der Waals surface area contributed by atoms with E-state index in [1.807, 2.05) is 12.1 Å². The fourth-order valence-corrected chi connectivity index (χ4v) is 2.33. The number of nitrogens with one attached hydrogen (secondary N) is 1. The maximum Gasteiger partial charge on any atom is 0.223 e. The number of amides is 1. The van der Waals surface area contributed by atoms with E-state index in [0.717, 1.165) is 10.2 Å². The fourth-order valence-electron chi connectivity index (χ4n) is 1.12. The first-order valence-electron chi connectivity index (χ1n) is 3.99. The first kappa shape index (κ1) is 9.43. The molecule has 14 heavy (non-hydrogen) atoms. The van der Waals surface area contributed by atoms with Gasteiger partial charge < -0.3 is 5.32 Å². The lowest BCUT2D eigenvalue weighted by atomic mass is 10.3. The number of hydrogen-bond donors (Lipinski definition) is 1. The maximum atomic E-state index is 10.8. The summed E-state index contributed by atoms with van der Waals surface area (Å²) in [4.78, 5) is 15.0. The number of aromatic nitrogens is 1. The summed E-state index contributed by atoms with van der Waals surface area (Å²) < 4.78 is 0.973. The van der Waals surface area contributed by atoms with Crippen LogP contribution in [0.5, 0.6) is 0 Å². The van der Waals surface area contributed by atoms with Gasteiger partial charge in [0, 0.05) is 6.92 Å². The minimum atomic E-state index is -0.125. The molecule has 72 valence electrons. The molecule has 1 aromatic heterocycles. The highest BCUT2D eigenvalue weighted by molar-refractivity contribution is 7.22. The van der Waals surface area contributed by atoms with Gasteiger partial charge in [0.1, 0.15) is 5.52 Å². The molecule has 1 aromatic carbocycles. The quantitative estimate of drug-likeness (QED) is 0.813. The van der Waals surface area contributed by atoms with E-state index in [1.165, 1.54) is 18.3 Å². The van der Waals surface area contributed by atoms with Crippen LogP contribution < -0.4 is 5.32 Å². The Kier molecular flexibility index (Phi) is 2.39. The molecule has 0 aliphatic carbocycles. The molecular weight excluding hydrogens is 220 g/mol. The highest BCUT2D eigenvalue weighted by atomic mass is 35.5. The van der Waals surface area contributed by atoms with Crippen molar-refractivity contribution >= 4 is 44.2 Å². The Balaban J connectivity index is 2.51. The maximum absolute atomic E-state index is 10.8. The number of halogens is 1. The van der Waals surface area contributed by atoms with Crippen LogP contribution in [-0.4, -0.2) is 10.9 Å². The summed E-state index contributed by atoms with van der Waals surface area (Å²) in [6.07, 6.45) is 0. The molecule has 1 N–H and O–H groups in total. The van der Waals surface area contributed by atoms with Gasteiger partial charge in [-0.15, -0.1) is 0 Å². The highest BCUT2D eigenvalue weighted by Crippen LogP contribution is 2.30. The second-order valence-electron chi connectivity index (χ2n) is 2.79. The Morgan fingerprint density at radius 1 is 1.57 bits per heavy atom. The zero-order valence-electron chi connectivity index (χ0n) is 7.37. The van der Waals surface area contributed by atoms with Crippen molar-refractivity contribution in [3.8, 4) is 0 Å². The van der Waals surface area contributed by atoms with Crippen LogP contribution in [0, 0.1) is 0 Å². The third kappa shape index (κ3) is 1.71. The van der Waals surface area contributed by atoms with Crippen molar-refractivity contribution in [2.45, 2.75) is 6.92 Å². The van der Waals surface area contributed by atoms with Crippen molar-refractivity contribution in [1.82, 2.24) is 4.98 Å². The molecule has 0 aliphatic rings. The molecule has 0 radical (unpaired) electrons. The Morgan fingerprint density at radius 2 is 2.36 bits per heavy atom. The molecule has 1 amide bonds. The molecule has 1 heterocycles. The van der Waals surface area contributed by atoms with Crippen molar-refractivity contribution in [2.24, 2.45) is 0 Å². The first-order chi connectivity index (χ1) is 6.66. The van der Waals surface area contributed by atoms with Crippen molar-refractivity contribution in [2.75, 3.05) is 5.32 Å². The van der Waals surface area contributed by atoms with E-state index in [0.29, 0.717) is 10.2 Å². The van der Waals surface area contributed by atoms with Gasteiger partial charge >= 0.3 is 0 Å². The highest BCUT2D eigenvalue weighted by Gasteiger charge is 2.06. The molecule has 0 saturated carbocycles. The average Bonchev–Trinajstić information content (AvgIpc) is 2.47. The van der Waals surface area contributed by atoms with Crippen LogP contribution in [-0.2, 0) is 4.79 Å². The Labute approximate surface area is 89.7 Å². The number of anilines is 1. The van der Waals surface area contributed by atoms with E-state index in [-0.39, 0.29) is 5.91 Å². The summed E-state index contributed by atoms with van der Waals surface area (Å²) in [6, 6.07) is 5.56. The number of carbonyl (C=O) groups excluding carboxylic acids is 1. The molecule has 0 aliphatic heterocycles. The molecule has 0 bridgehead atoms. The molecule has 0 spiro atoms. The third-order valence-electron chi connectivity index (χ3n) is 1.65. The topological polar surface area (TPSA) is 42.0 Å². The van der Waals surface area contributed by atoms with E-state index in [4.69, 9.17) is 11.6 Å². The summed E-state index contributed by atoms with van der Waals surface area (Å²) >= 11 is 7.35. The van der Waals surface area contributed by atoms with Gasteiger partial charge in [-0.1, -0.05) is 29.0 Å². The predicted octanol–water partition coefficient (Wildman–Crippen LogP) is 2.91. The minimum Gasteiger partial charge on any atom is -0.302 e. The van der Waals surface area contributed by atoms with Crippen LogP contribution >= 0.6 is 22.9 Å². The number of benzene rings is 1. The van der Waals surface area contributed by atoms with E-state index in [1.54, 1.807) is 6.07 Å². The lowest BCUT2D eigenvalue weighted by molar-refractivity contribution is -0.114. The SMILES string of the molecule is CC(=O)Nc1nc2c(Cl)cccc2s1. The zero-order chi connectivity index (χ0) is 10.1. The summed E-state index contributed by atoms with van der Waals surface area (Å²) in [5, 5.41) is 3.82. The number of para-hydroxylation sites is 1. The zero-order valence-corrected chi connectivity index (χ0v) is 8.95. The van der Waals surface area contributed by atoms with Crippen molar-refractivity contribution in [3.63, 3.8) is 0 Å². The van der Waals surface area contributed by atoms with Gasteiger partial charge in [-0.25, -0.2) is 4.98 Å². The average molecular weight is 227 g/mol. The molecule has 0 fully saturated rings. The van der Waals surface area contributed by atoms with Gasteiger partial charge in [-0.2, -0.15) is 0 Å². The predicted molar refractivity (Wildman–Crippen MR) is 58.9 cm³/mol. The van der Waals surface area contributed by atoms with Crippen LogP contribution in [0.4, 0.5) is 5.13 Å². The number of rotatable bonds is 1. The molecule has 5 heteroatoms. The normalized spacial score (nSPS) is 10.4. The van der Waals surface area contributed by atoms with Gasteiger partial charge in [0.15, 0.2) is 5.13 Å². The smallest absolute Gasteiger partial charge is 0.223 e. The summed E-state index contributed by atoms with van der Waals surface area (Å²) in [6.45, 7) is 1.45. The monoisotopic (exact) mass is 226 g/mol. The summed E-state index contributed by atoms with van der Waals surface area (Å²) in [7, 11) is 0. The Morgan fingerprint density at radius 3 is 3.00 bits per heavy atom. The number of hydrogen-bond acceptors (Lipinski definition) is 3. The van der Waals surface area contributed by atoms with Crippen LogP contribution in [0.15, 0.2) is 18.2 Å². The van der Waals surface area contributed by atoms with Crippen molar-refractivity contribution < 1.29 is 4.79 Å². The molecule has 2 rings (SSSR count). The van der Waals surface area contributed by atoms with E-state index in [2.05, 4.69) is 10.3 Å². The van der Waals surface area contributed by atoms with Gasteiger partial charge in [0.05, 0.1) is 9.72 Å². The van der Waals surface area contributed by atoms with Crippen LogP contribution in [0.1, 0.15) is 6.92 Å². The van der Waals surface area contributed by atoms with Gasteiger partial charge in [0.25, 0.3) is 0 Å². The van der Waals surface area contributed by atoms with E-state index >= 15 is 0 Å². The standard InChI is InChI=1S/C9H7ClN2OS/c1-5(13)11-9-12-8-6(10)3-2-4-7(8)14-9/h2-4H,1H3,(H,11,12,13). The molecule has 0 atom stereocenters. The number of nitrogens with zero attached hydrogens (tertiary/aromatic N) is 1. The minimum absolute atomic E-state index is 0.125. The fraction of sp³-hybridized carbons (Fsp3) is 0.111. The van der Waals surface area contributed by atoms with Gasteiger partial charge in [0.2, 0.25) is 5.91 Å². The number of fused-ring (bicyclic) bond motifs is 1. The van der Waals surface area contributed by atoms with Crippen LogP contribution in [0.2, 0.25) is 5.02 Å². The van der Waals surface area contributed by atoms with Gasteiger partial charge in [-0.05, 0) is 12.1 Å². The van der Waals surface area contributed by atoms with E-state index in [9.17, 15) is 4.79 Å². The lowest BCUT2D eigenvalue weighted by Gasteiger charge is -1.91. The number of thiazole rings is 1. The summed E-state index contributed by atoms with van der Waals surface area (Å²) in [5.74, 6) is -0.125. The molecule has 3 nitrogen and oxygen atoms in total. The Hall–Kier alpha value is -1.13. The van der Waals surface area contributed by atoms with Crippen molar-refractivity contribution in [3.05, 3.63) is 23.2 Å². The lowest BCUT2D eigenvalue weighted by Crippen LogP contribution is -2.04. The van der Waals surface area contributed by atoms with Crippen LogP contribution in [0.3, 0.4) is 0 Å². The summed E-state index contributed by atoms with van der Waals surface area (Å²) in [5.41, 5.74) is 0.739.